The Morgan fingerprint density at radius 3 is 1.93 bits per heavy atom. The first-order valence-electron chi connectivity index (χ1n) is 23.1. The summed E-state index contributed by atoms with van der Waals surface area (Å²) in [5.74, 6) is 1.91. The predicted molar refractivity (Wildman–Crippen MR) is 294 cm³/mol. The van der Waals surface area contributed by atoms with Crippen LogP contribution in [0.25, 0.3) is 123 Å². The summed E-state index contributed by atoms with van der Waals surface area (Å²) in [5.41, 5.74) is 18.1. The van der Waals surface area contributed by atoms with E-state index in [4.69, 9.17) is 15.0 Å². The predicted octanol–water partition coefficient (Wildman–Crippen LogP) is 16.5. The van der Waals surface area contributed by atoms with Gasteiger partial charge in [0.2, 0.25) is 0 Å². The van der Waals surface area contributed by atoms with Crippen molar-refractivity contribution in [1.29, 1.82) is 0 Å². The Labute approximate surface area is 404 Å². The zero-order valence-corrected chi connectivity index (χ0v) is 39.1. The fourth-order valence-corrected chi connectivity index (χ4v) is 11.8. The second kappa shape index (κ2) is 17.0. The number of benzene rings is 9. The Balaban J connectivity index is 0.991. The number of para-hydroxylation sites is 1. The minimum absolute atomic E-state index is 0.0668. The first kappa shape index (κ1) is 40.3. The van der Waals surface area contributed by atoms with Crippen LogP contribution in [0.15, 0.2) is 204 Å². The van der Waals surface area contributed by atoms with Gasteiger partial charge in [0.1, 0.15) is 0 Å². The highest BCUT2D eigenvalue weighted by Crippen LogP contribution is 2.40. The first-order chi connectivity index (χ1) is 33.6. The molecule has 9 aromatic carbocycles. The number of allylic oxidation sites excluding steroid dienone is 1. The maximum absolute atomic E-state index is 5.34. The summed E-state index contributed by atoms with van der Waals surface area (Å²) in [7, 11) is 0. The lowest BCUT2D eigenvalue weighted by Crippen LogP contribution is -2.02. The fourth-order valence-electron chi connectivity index (χ4n) is 9.93. The van der Waals surface area contributed by atoms with Crippen molar-refractivity contribution < 1.29 is 0 Å². The van der Waals surface area contributed by atoms with Crippen LogP contribution in [0.4, 0.5) is 0 Å². The number of aryl methyl sites for hydroxylation is 1. The Hall–Kier alpha value is -8.00. The summed E-state index contributed by atoms with van der Waals surface area (Å²) in [6.07, 6.45) is 10.8. The van der Waals surface area contributed by atoms with Gasteiger partial charge >= 0.3 is 0 Å². The molecule has 2 aromatic heterocycles. The molecule has 0 N–H and O–H groups in total. The molecule has 1 aliphatic heterocycles. The van der Waals surface area contributed by atoms with E-state index in [9.17, 15) is 0 Å². The van der Waals surface area contributed by atoms with Gasteiger partial charge in [0.25, 0.3) is 0 Å². The van der Waals surface area contributed by atoms with E-state index in [-0.39, 0.29) is 20.7 Å². The van der Waals surface area contributed by atoms with E-state index in [0.29, 0.717) is 17.5 Å². The minimum atomic E-state index is -0.0668. The van der Waals surface area contributed by atoms with Gasteiger partial charge in [-0.15, -0.1) is 0 Å². The lowest BCUT2D eigenvalue weighted by atomic mass is 9.90. The van der Waals surface area contributed by atoms with Gasteiger partial charge in [-0.05, 0) is 170 Å². The van der Waals surface area contributed by atoms with E-state index in [0.717, 1.165) is 79.2 Å². The van der Waals surface area contributed by atoms with E-state index < -0.39 is 0 Å². The van der Waals surface area contributed by atoms with Gasteiger partial charge in [-0.2, -0.15) is 0 Å². The summed E-state index contributed by atoms with van der Waals surface area (Å²) < 4.78 is 4.81. The average molecular weight is 981 g/mol. The maximum atomic E-state index is 5.34. The number of halogens is 1. The van der Waals surface area contributed by atoms with E-state index in [1.165, 1.54) is 49.5 Å². The molecule has 0 bridgehead atoms. The maximum Gasteiger partial charge on any atom is 0.164 e. The van der Waals surface area contributed by atoms with E-state index in [1.807, 2.05) is 12.3 Å². The quantitative estimate of drug-likeness (QED) is 0.149. The fraction of sp³-hybridized carbons (Fsp3) is 0.0317. The average Bonchev–Trinajstić information content (AvgIpc) is 3.42. The molecular weight excluding hydrogens is 940 g/mol. The molecule has 1 aliphatic carbocycles. The summed E-state index contributed by atoms with van der Waals surface area (Å²) >= 11 is -0.0668. The standard InChI is InChI=1S/C63H41IN4/c1-3-12-44-33-49(26-22-40(44)10-1)61-66-62(50-27-23-41-11-2-4-13-45(41)34-50)68-63(67-61)53-36-51(35-52(37-53)46-14-9-15-47(32-46)54-29-31-65-60-19-8-7-18-57(54)60)42-20-24-43(25-21-42)58-38-48-28-30-64-39-59(48)56-17-6-5-16-55(56)58/h1,3-10,12-39H,2,11H2. The monoisotopic (exact) mass is 980 g/mol. The number of hydrogen-bond donors (Lipinski definition) is 0. The number of fused-ring (bicyclic) bond motifs is 6. The largest absolute Gasteiger partial charge is 0.256 e. The molecule has 0 atom stereocenters. The number of hydrogen-bond acceptors (Lipinski definition) is 4. The normalized spacial score (nSPS) is 12.8. The molecular formula is C63H41IN4. The van der Waals surface area contributed by atoms with E-state index in [2.05, 4.69) is 213 Å². The second-order valence-corrected chi connectivity index (χ2v) is 19.6. The molecule has 4 nitrogen and oxygen atoms in total. The molecule has 0 saturated carbocycles. The first-order valence-corrected chi connectivity index (χ1v) is 25.6. The van der Waals surface area contributed by atoms with E-state index >= 15 is 0 Å². The van der Waals surface area contributed by atoms with Crippen LogP contribution in [0.5, 0.6) is 0 Å². The smallest absolute Gasteiger partial charge is 0.164 e. The molecule has 2 aliphatic rings. The molecule has 0 radical (unpaired) electrons. The highest BCUT2D eigenvalue weighted by atomic mass is 127. The molecule has 13 rings (SSSR count). The molecule has 0 fully saturated rings. The van der Waals surface area contributed by atoms with Gasteiger partial charge in [0.05, 0.1) is 5.52 Å². The van der Waals surface area contributed by atoms with Crippen molar-refractivity contribution in [2.45, 2.75) is 12.8 Å². The van der Waals surface area contributed by atoms with Crippen LogP contribution in [-0.4, -0.2) is 23.9 Å². The third-order valence-electron chi connectivity index (χ3n) is 13.4. The SMILES string of the molecule is C1=Cc2cc(-c3nc(-c4cc(-c5ccc(-c6cc7c(c8ccccc68)C=IC=C7)cc5)cc(-c5cccc(-c6ccnc7ccccc67)c5)c4)nc(-c4ccc5ccccc5c4)n3)ccc2CC1. The van der Waals surface area contributed by atoms with Crippen molar-refractivity contribution >= 4 is 69.3 Å². The van der Waals surface area contributed by atoms with Crippen LogP contribution in [0.3, 0.4) is 0 Å². The molecule has 0 spiro atoms. The van der Waals surface area contributed by atoms with Gasteiger partial charge in [0, 0.05) is 28.3 Å². The zero-order valence-electron chi connectivity index (χ0n) is 36.9. The number of pyridine rings is 1. The highest BCUT2D eigenvalue weighted by Gasteiger charge is 2.18. The molecule has 68 heavy (non-hydrogen) atoms. The zero-order chi connectivity index (χ0) is 45.0. The number of rotatable bonds is 7. The molecule has 5 heteroatoms. The van der Waals surface area contributed by atoms with Crippen LogP contribution in [0, 0.1) is 0 Å². The van der Waals surface area contributed by atoms with Crippen molar-refractivity contribution in [1.82, 2.24) is 19.9 Å². The highest BCUT2D eigenvalue weighted by molar-refractivity contribution is 14.2. The molecule has 3 heterocycles. The van der Waals surface area contributed by atoms with Gasteiger partial charge < -0.3 is 0 Å². The lowest BCUT2D eigenvalue weighted by Gasteiger charge is -2.16. The van der Waals surface area contributed by atoms with Crippen LogP contribution < -0.4 is 0 Å². The van der Waals surface area contributed by atoms with E-state index in [1.54, 1.807) is 0 Å². The third kappa shape index (κ3) is 7.45. The van der Waals surface area contributed by atoms with Crippen molar-refractivity contribution in [3.8, 4) is 78.7 Å². The van der Waals surface area contributed by atoms with Crippen LogP contribution >= 0.6 is 20.7 Å². The van der Waals surface area contributed by atoms with Crippen molar-refractivity contribution in [3.63, 3.8) is 0 Å². The molecule has 0 unspecified atom stereocenters. The van der Waals surface area contributed by atoms with Crippen LogP contribution in [-0.2, 0) is 6.42 Å². The van der Waals surface area contributed by atoms with Crippen molar-refractivity contribution in [2.24, 2.45) is 0 Å². The molecule has 0 amide bonds. The lowest BCUT2D eigenvalue weighted by molar-refractivity contribution is 0.985. The number of aromatic nitrogens is 4. The Morgan fingerprint density at radius 2 is 1.06 bits per heavy atom. The topological polar surface area (TPSA) is 51.6 Å². The van der Waals surface area contributed by atoms with Crippen LogP contribution in [0.1, 0.15) is 28.7 Å². The minimum Gasteiger partial charge on any atom is -0.256 e. The van der Waals surface area contributed by atoms with Crippen molar-refractivity contribution in [3.05, 3.63) is 227 Å². The van der Waals surface area contributed by atoms with Gasteiger partial charge in [0.15, 0.2) is 17.5 Å². The third-order valence-corrected chi connectivity index (χ3v) is 15.2. The summed E-state index contributed by atoms with van der Waals surface area (Å²) in [4.78, 5) is 20.6. The molecule has 0 saturated heterocycles. The molecule has 320 valence electrons. The Kier molecular flexibility index (Phi) is 10.1. The van der Waals surface area contributed by atoms with Gasteiger partial charge in [-0.1, -0.05) is 166 Å². The second-order valence-electron chi connectivity index (χ2n) is 17.6. The number of nitrogens with zero attached hydrogens (tertiary/aromatic N) is 4. The Bertz CT molecular complexity index is 3910. The van der Waals surface area contributed by atoms with Gasteiger partial charge in [-0.3, -0.25) is 4.98 Å². The van der Waals surface area contributed by atoms with Crippen molar-refractivity contribution in [2.75, 3.05) is 0 Å². The van der Waals surface area contributed by atoms with Gasteiger partial charge in [-0.25, -0.2) is 15.0 Å². The van der Waals surface area contributed by atoms with Crippen LogP contribution in [0.2, 0.25) is 0 Å². The summed E-state index contributed by atoms with van der Waals surface area (Å²) in [6, 6.07) is 67.9. The summed E-state index contributed by atoms with van der Waals surface area (Å²) in [5, 5.41) is 6.04. The Morgan fingerprint density at radius 1 is 0.397 bits per heavy atom. The molecule has 11 aromatic rings. The summed E-state index contributed by atoms with van der Waals surface area (Å²) in [6.45, 7) is 0.